The van der Waals surface area contributed by atoms with E-state index in [4.69, 9.17) is 5.11 Å². The number of hydrogen-bond acceptors (Lipinski definition) is 2. The molecule has 2 rings (SSSR count). The van der Waals surface area contributed by atoms with Crippen molar-refractivity contribution < 1.29 is 14.7 Å². The molecule has 1 aliphatic rings. The molecule has 2 amide bonds. The minimum absolute atomic E-state index is 0.171. The number of urea groups is 1. The second-order valence-corrected chi connectivity index (χ2v) is 5.83. The number of carbonyl (C=O) groups is 2. The lowest BCUT2D eigenvalue weighted by Crippen LogP contribution is -2.46. The van der Waals surface area contributed by atoms with Crippen molar-refractivity contribution in [2.24, 2.45) is 0 Å². The lowest BCUT2D eigenvalue weighted by atomic mass is 10.1. The van der Waals surface area contributed by atoms with Crippen LogP contribution in [-0.2, 0) is 4.79 Å². The number of nitrogens with zero attached hydrogens (tertiary/aromatic N) is 1. The fourth-order valence-electron chi connectivity index (χ4n) is 2.39. The van der Waals surface area contributed by atoms with E-state index in [1.165, 1.54) is 4.90 Å². The first-order valence-electron chi connectivity index (χ1n) is 6.54. The van der Waals surface area contributed by atoms with E-state index in [-0.39, 0.29) is 12.1 Å². The van der Waals surface area contributed by atoms with Gasteiger partial charge in [-0.15, -0.1) is 0 Å². The zero-order valence-corrected chi connectivity index (χ0v) is 12.8. The molecule has 0 saturated carbocycles. The highest BCUT2D eigenvalue weighted by Gasteiger charge is 2.34. The topological polar surface area (TPSA) is 69.6 Å². The summed E-state index contributed by atoms with van der Waals surface area (Å²) < 4.78 is 0.945. The van der Waals surface area contributed by atoms with Crippen molar-refractivity contribution in [2.75, 3.05) is 6.54 Å². The third-order valence-corrected chi connectivity index (χ3v) is 3.98. The van der Waals surface area contributed by atoms with E-state index in [0.717, 1.165) is 16.5 Å². The number of rotatable bonds is 3. The maximum atomic E-state index is 12.2. The average Bonchev–Trinajstić information content (AvgIpc) is 2.88. The Labute approximate surface area is 126 Å². The first kappa shape index (κ1) is 14.8. The van der Waals surface area contributed by atoms with Crippen molar-refractivity contribution in [2.45, 2.75) is 31.8 Å². The Morgan fingerprint density at radius 2 is 2.25 bits per heavy atom. The maximum Gasteiger partial charge on any atom is 0.326 e. The normalized spacial score (nSPS) is 19.7. The van der Waals surface area contributed by atoms with E-state index in [0.29, 0.717) is 13.0 Å². The standard InChI is InChI=1S/C14H17BrN2O3/c1-9(10-4-2-5-11(15)8-10)16-14(20)17-7-3-6-12(17)13(18)19/h2,4-5,8-9,12H,3,6-7H2,1H3,(H,16,20)(H,18,19)/t9?,12-/m1/s1. The van der Waals surface area contributed by atoms with Gasteiger partial charge >= 0.3 is 12.0 Å². The van der Waals surface area contributed by atoms with Crippen LogP contribution in [0.2, 0.25) is 0 Å². The molecule has 1 fully saturated rings. The van der Waals surface area contributed by atoms with Crippen molar-refractivity contribution in [3.8, 4) is 0 Å². The first-order chi connectivity index (χ1) is 9.49. The number of likely N-dealkylation sites (tertiary alicyclic amines) is 1. The predicted octanol–water partition coefficient (Wildman–Crippen LogP) is 2.77. The number of amides is 2. The van der Waals surface area contributed by atoms with Gasteiger partial charge in [0.1, 0.15) is 6.04 Å². The zero-order valence-electron chi connectivity index (χ0n) is 11.2. The molecule has 0 bridgehead atoms. The van der Waals surface area contributed by atoms with Crippen molar-refractivity contribution in [3.63, 3.8) is 0 Å². The SMILES string of the molecule is CC(NC(=O)N1CCC[C@@H]1C(=O)O)c1cccc(Br)c1. The maximum absolute atomic E-state index is 12.2. The van der Waals surface area contributed by atoms with Crippen LogP contribution < -0.4 is 5.32 Å². The second kappa shape index (κ2) is 6.26. The number of benzene rings is 1. The number of nitrogens with one attached hydrogen (secondary N) is 1. The minimum Gasteiger partial charge on any atom is -0.480 e. The zero-order chi connectivity index (χ0) is 14.7. The molecule has 2 atom stereocenters. The lowest BCUT2D eigenvalue weighted by molar-refractivity contribution is -0.141. The highest BCUT2D eigenvalue weighted by Crippen LogP contribution is 2.21. The van der Waals surface area contributed by atoms with Gasteiger partial charge in [0.15, 0.2) is 0 Å². The van der Waals surface area contributed by atoms with Crippen LogP contribution in [0.4, 0.5) is 4.79 Å². The summed E-state index contributed by atoms with van der Waals surface area (Å²) in [5.74, 6) is -0.937. The molecule has 1 aromatic carbocycles. The van der Waals surface area contributed by atoms with Gasteiger partial charge in [-0.1, -0.05) is 28.1 Å². The Bertz CT molecular complexity index is 521. The van der Waals surface area contributed by atoms with Crippen LogP contribution in [0.25, 0.3) is 0 Å². The average molecular weight is 341 g/mol. The molecular formula is C14H17BrN2O3. The van der Waals surface area contributed by atoms with Crippen molar-refractivity contribution in [1.82, 2.24) is 10.2 Å². The minimum atomic E-state index is -0.937. The van der Waals surface area contributed by atoms with Gasteiger partial charge in [0.05, 0.1) is 6.04 Å². The van der Waals surface area contributed by atoms with E-state index < -0.39 is 12.0 Å². The summed E-state index contributed by atoms with van der Waals surface area (Å²) in [4.78, 5) is 24.7. The Morgan fingerprint density at radius 1 is 1.50 bits per heavy atom. The first-order valence-corrected chi connectivity index (χ1v) is 7.33. The molecule has 1 heterocycles. The van der Waals surface area contributed by atoms with Gasteiger partial charge in [0.25, 0.3) is 0 Å². The number of carboxylic acid groups (broad SMARTS) is 1. The van der Waals surface area contributed by atoms with E-state index in [1.54, 1.807) is 0 Å². The number of carboxylic acids is 1. The summed E-state index contributed by atoms with van der Waals surface area (Å²) in [7, 11) is 0. The van der Waals surface area contributed by atoms with Crippen molar-refractivity contribution in [1.29, 1.82) is 0 Å². The van der Waals surface area contributed by atoms with E-state index in [9.17, 15) is 9.59 Å². The highest BCUT2D eigenvalue weighted by atomic mass is 79.9. The predicted molar refractivity (Wildman–Crippen MR) is 78.5 cm³/mol. The fraction of sp³-hybridized carbons (Fsp3) is 0.429. The van der Waals surface area contributed by atoms with Gasteiger partial charge in [-0.25, -0.2) is 9.59 Å². The lowest BCUT2D eigenvalue weighted by Gasteiger charge is -2.24. The van der Waals surface area contributed by atoms with Crippen LogP contribution in [0.1, 0.15) is 31.4 Å². The van der Waals surface area contributed by atoms with Gasteiger partial charge in [-0.05, 0) is 37.5 Å². The Kier molecular flexibility index (Phi) is 4.65. The summed E-state index contributed by atoms with van der Waals surface area (Å²) in [6.07, 6.45) is 1.25. The van der Waals surface area contributed by atoms with Crippen molar-refractivity contribution in [3.05, 3.63) is 34.3 Å². The molecule has 5 nitrogen and oxygen atoms in total. The highest BCUT2D eigenvalue weighted by molar-refractivity contribution is 9.10. The van der Waals surface area contributed by atoms with Gasteiger partial charge in [0, 0.05) is 11.0 Å². The van der Waals surface area contributed by atoms with E-state index >= 15 is 0 Å². The molecule has 1 aliphatic heterocycles. The van der Waals surface area contributed by atoms with Gasteiger partial charge in [-0.2, -0.15) is 0 Å². The van der Waals surface area contributed by atoms with Crippen LogP contribution in [0, 0.1) is 0 Å². The molecule has 1 aromatic rings. The monoisotopic (exact) mass is 340 g/mol. The molecule has 0 aromatic heterocycles. The number of hydrogen-bond donors (Lipinski definition) is 2. The third kappa shape index (κ3) is 3.30. The van der Waals surface area contributed by atoms with Crippen LogP contribution in [0.3, 0.4) is 0 Å². The third-order valence-electron chi connectivity index (χ3n) is 3.49. The van der Waals surface area contributed by atoms with Crippen molar-refractivity contribution >= 4 is 27.9 Å². The molecule has 0 aliphatic carbocycles. The van der Waals surface area contributed by atoms with Gasteiger partial charge in [0.2, 0.25) is 0 Å². The second-order valence-electron chi connectivity index (χ2n) is 4.92. The number of aliphatic carboxylic acids is 1. The molecule has 1 unspecified atom stereocenters. The van der Waals surface area contributed by atoms with Crippen LogP contribution in [-0.4, -0.2) is 34.6 Å². The van der Waals surface area contributed by atoms with Gasteiger partial charge < -0.3 is 15.3 Å². The molecule has 2 N–H and O–H groups in total. The smallest absolute Gasteiger partial charge is 0.326 e. The molecule has 20 heavy (non-hydrogen) atoms. The fourth-order valence-corrected chi connectivity index (χ4v) is 2.81. The summed E-state index contributed by atoms with van der Waals surface area (Å²) in [5.41, 5.74) is 0.971. The van der Waals surface area contributed by atoms with Crippen LogP contribution in [0.15, 0.2) is 28.7 Å². The van der Waals surface area contributed by atoms with Gasteiger partial charge in [-0.3, -0.25) is 0 Å². The summed E-state index contributed by atoms with van der Waals surface area (Å²) in [5, 5.41) is 11.9. The molecule has 0 spiro atoms. The molecule has 0 radical (unpaired) electrons. The summed E-state index contributed by atoms with van der Waals surface area (Å²) in [6, 6.07) is 6.48. The van der Waals surface area contributed by atoms with E-state index in [2.05, 4.69) is 21.2 Å². The van der Waals surface area contributed by atoms with Crippen LogP contribution in [0.5, 0.6) is 0 Å². The Balaban J connectivity index is 2.02. The van der Waals surface area contributed by atoms with Crippen LogP contribution >= 0.6 is 15.9 Å². The Hall–Kier alpha value is -1.56. The summed E-state index contributed by atoms with van der Waals surface area (Å²) >= 11 is 3.39. The molecule has 108 valence electrons. The summed E-state index contributed by atoms with van der Waals surface area (Å²) in [6.45, 7) is 2.37. The molecular weight excluding hydrogens is 324 g/mol. The molecule has 6 heteroatoms. The quantitative estimate of drug-likeness (QED) is 0.888. The Morgan fingerprint density at radius 3 is 2.90 bits per heavy atom. The molecule has 1 saturated heterocycles. The number of halogens is 1. The largest absolute Gasteiger partial charge is 0.480 e. The van der Waals surface area contributed by atoms with E-state index in [1.807, 2.05) is 31.2 Å². The number of carbonyl (C=O) groups excluding carboxylic acids is 1.